The predicted octanol–water partition coefficient (Wildman–Crippen LogP) is 4.43. The molecule has 230 valence electrons. The number of allylic oxidation sites excluding steroid dienone is 1. The summed E-state index contributed by atoms with van der Waals surface area (Å²) >= 11 is 0. The van der Waals surface area contributed by atoms with Crippen molar-refractivity contribution >= 4 is 29.2 Å². The number of piperazine rings is 1. The Balaban J connectivity index is 1.05. The van der Waals surface area contributed by atoms with Crippen molar-refractivity contribution in [3.8, 4) is 0 Å². The number of carbonyl (C=O) groups excluding carboxylic acids is 4. The summed E-state index contributed by atoms with van der Waals surface area (Å²) in [6, 6.07) is 12.3. The fourth-order valence-electron chi connectivity index (χ4n) is 7.94. The molecule has 4 amide bonds. The van der Waals surface area contributed by atoms with Crippen molar-refractivity contribution in [2.24, 2.45) is 5.41 Å². The summed E-state index contributed by atoms with van der Waals surface area (Å²) in [5.74, 6) is -0.983. The fraction of sp³-hybridized carbons (Fsp3) is 0.486. The predicted molar refractivity (Wildman–Crippen MR) is 162 cm³/mol. The maximum atomic E-state index is 14.1. The summed E-state index contributed by atoms with van der Waals surface area (Å²) in [5.41, 5.74) is 5.63. The van der Waals surface area contributed by atoms with Crippen molar-refractivity contribution in [1.29, 1.82) is 0 Å². The van der Waals surface area contributed by atoms with E-state index in [9.17, 15) is 23.6 Å². The van der Waals surface area contributed by atoms with E-state index < -0.39 is 11.9 Å². The van der Waals surface area contributed by atoms with Crippen LogP contribution in [0, 0.1) is 11.2 Å². The Hall–Kier alpha value is -3.85. The minimum Gasteiger partial charge on any atom is -0.333 e. The van der Waals surface area contributed by atoms with Crippen LogP contribution >= 0.6 is 0 Å². The lowest BCUT2D eigenvalue weighted by molar-refractivity contribution is -0.138. The van der Waals surface area contributed by atoms with Crippen LogP contribution in [0.2, 0.25) is 0 Å². The van der Waals surface area contributed by atoms with E-state index >= 15 is 0 Å². The molecular formula is C35H39FN4O4. The average Bonchev–Trinajstić information content (AvgIpc) is 3.32. The third-order valence-electron chi connectivity index (χ3n) is 10.4. The molecule has 2 aromatic carbocycles. The molecule has 0 radical (unpaired) electrons. The Labute approximate surface area is 257 Å². The lowest BCUT2D eigenvalue weighted by Crippen LogP contribution is -2.63. The summed E-state index contributed by atoms with van der Waals surface area (Å²) in [7, 11) is 0. The number of imide groups is 1. The molecule has 5 heterocycles. The van der Waals surface area contributed by atoms with Crippen molar-refractivity contribution in [3.63, 3.8) is 0 Å². The van der Waals surface area contributed by atoms with E-state index in [-0.39, 0.29) is 47.5 Å². The number of rotatable bonds is 5. The van der Waals surface area contributed by atoms with Crippen molar-refractivity contribution in [2.45, 2.75) is 90.0 Å². The largest absolute Gasteiger partial charge is 0.333 e. The zero-order valence-electron chi connectivity index (χ0n) is 25.4. The van der Waals surface area contributed by atoms with Gasteiger partial charge < -0.3 is 9.80 Å². The van der Waals surface area contributed by atoms with Crippen molar-refractivity contribution < 1.29 is 23.6 Å². The highest BCUT2D eigenvalue weighted by Crippen LogP contribution is 2.44. The standard InChI is InChI=1S/C35H39FN4O4/c1-35(2)14-13-28(29(16-35)22-4-6-24(36)7-5-22)34(44)39-20-25-8-9-26(39)19-38(25)17-21-3-10-27-23(15-21)18-40(33(27)43)30-11-12-31(41)37-32(30)42/h3-7,10,15,25-26,30H,8-9,11-14,16-20H2,1-2H3,(H,37,41,42). The smallest absolute Gasteiger partial charge is 0.255 e. The highest BCUT2D eigenvalue weighted by atomic mass is 19.1. The summed E-state index contributed by atoms with van der Waals surface area (Å²) in [6.45, 7) is 7.07. The van der Waals surface area contributed by atoms with Gasteiger partial charge in [-0.15, -0.1) is 0 Å². The normalized spacial score (nSPS) is 26.7. The van der Waals surface area contributed by atoms with Crippen molar-refractivity contribution in [3.05, 3.63) is 76.1 Å². The molecule has 0 aromatic heterocycles. The van der Waals surface area contributed by atoms with Crippen LogP contribution in [0.4, 0.5) is 4.39 Å². The molecule has 3 unspecified atom stereocenters. The highest BCUT2D eigenvalue weighted by molar-refractivity contribution is 6.05. The van der Waals surface area contributed by atoms with E-state index in [1.165, 1.54) is 12.1 Å². The number of fused-ring (bicyclic) bond motifs is 4. The topological polar surface area (TPSA) is 90.0 Å². The van der Waals surface area contributed by atoms with Crippen LogP contribution in [-0.2, 0) is 27.5 Å². The molecular weight excluding hydrogens is 559 g/mol. The van der Waals surface area contributed by atoms with Gasteiger partial charge in [0.25, 0.3) is 5.91 Å². The second-order valence-electron chi connectivity index (χ2n) is 14.0. The lowest BCUT2D eigenvalue weighted by Gasteiger charge is -2.52. The first-order chi connectivity index (χ1) is 21.1. The van der Waals surface area contributed by atoms with Gasteiger partial charge in [-0.1, -0.05) is 38.1 Å². The van der Waals surface area contributed by atoms with Gasteiger partial charge in [-0.3, -0.25) is 29.4 Å². The molecule has 44 heavy (non-hydrogen) atoms. The van der Waals surface area contributed by atoms with Crippen LogP contribution < -0.4 is 5.32 Å². The first kappa shape index (κ1) is 28.9. The molecule has 0 spiro atoms. The molecule has 4 saturated heterocycles. The van der Waals surface area contributed by atoms with Gasteiger partial charge >= 0.3 is 0 Å². The van der Waals surface area contributed by atoms with Crippen LogP contribution in [0.1, 0.15) is 85.8 Å². The van der Waals surface area contributed by atoms with E-state index in [1.54, 1.807) is 17.0 Å². The highest BCUT2D eigenvalue weighted by Gasteiger charge is 2.44. The number of hydrogen-bond acceptors (Lipinski definition) is 5. The Bertz CT molecular complexity index is 1580. The molecule has 8 nitrogen and oxygen atoms in total. The number of halogens is 1. The fourth-order valence-corrected chi connectivity index (χ4v) is 7.94. The first-order valence-electron chi connectivity index (χ1n) is 15.9. The molecule has 4 fully saturated rings. The minimum atomic E-state index is -0.619. The summed E-state index contributed by atoms with van der Waals surface area (Å²) < 4.78 is 13.7. The maximum Gasteiger partial charge on any atom is 0.255 e. The Morgan fingerprint density at radius 2 is 1.75 bits per heavy atom. The third-order valence-corrected chi connectivity index (χ3v) is 10.4. The van der Waals surface area contributed by atoms with Gasteiger partial charge in [0, 0.05) is 55.8 Å². The molecule has 3 atom stereocenters. The second-order valence-corrected chi connectivity index (χ2v) is 14.0. The van der Waals surface area contributed by atoms with E-state index in [0.29, 0.717) is 25.1 Å². The molecule has 8 rings (SSSR count). The van der Waals surface area contributed by atoms with Crippen LogP contribution in [0.3, 0.4) is 0 Å². The summed E-state index contributed by atoms with van der Waals surface area (Å²) in [5, 5.41) is 2.36. The molecule has 1 aliphatic carbocycles. The van der Waals surface area contributed by atoms with Crippen LogP contribution in [0.25, 0.3) is 5.57 Å². The number of carbonyl (C=O) groups is 4. The Morgan fingerprint density at radius 3 is 2.48 bits per heavy atom. The van der Waals surface area contributed by atoms with Gasteiger partial charge in [0.1, 0.15) is 11.9 Å². The van der Waals surface area contributed by atoms with E-state index in [4.69, 9.17) is 0 Å². The van der Waals surface area contributed by atoms with Gasteiger partial charge in [0.2, 0.25) is 17.7 Å². The number of amides is 4. The van der Waals surface area contributed by atoms with Gasteiger partial charge in [0.15, 0.2) is 0 Å². The average molecular weight is 599 g/mol. The number of nitrogens with zero attached hydrogens (tertiary/aromatic N) is 3. The molecule has 9 heteroatoms. The molecule has 2 bridgehead atoms. The van der Waals surface area contributed by atoms with E-state index in [1.807, 2.05) is 12.1 Å². The number of hydrogen-bond donors (Lipinski definition) is 1. The van der Waals surface area contributed by atoms with E-state index in [2.05, 4.69) is 35.0 Å². The summed E-state index contributed by atoms with van der Waals surface area (Å²) in [4.78, 5) is 57.4. The van der Waals surface area contributed by atoms with Gasteiger partial charge in [-0.05, 0) is 84.4 Å². The molecule has 5 aliphatic heterocycles. The van der Waals surface area contributed by atoms with Crippen LogP contribution in [0.5, 0.6) is 0 Å². The third kappa shape index (κ3) is 5.25. The maximum absolute atomic E-state index is 14.1. The number of piperidine rings is 3. The van der Waals surface area contributed by atoms with Crippen LogP contribution in [-0.4, -0.2) is 69.5 Å². The monoisotopic (exact) mass is 598 g/mol. The molecule has 2 aromatic rings. The zero-order valence-corrected chi connectivity index (χ0v) is 25.4. The molecule has 6 aliphatic rings. The molecule has 1 N–H and O–H groups in total. The van der Waals surface area contributed by atoms with Gasteiger partial charge in [0.05, 0.1) is 0 Å². The Kier molecular flexibility index (Phi) is 7.19. The zero-order chi connectivity index (χ0) is 30.7. The first-order valence-corrected chi connectivity index (χ1v) is 15.9. The quantitative estimate of drug-likeness (QED) is 0.515. The van der Waals surface area contributed by atoms with Crippen molar-refractivity contribution in [1.82, 2.24) is 20.0 Å². The Morgan fingerprint density at radius 1 is 0.977 bits per heavy atom. The number of nitrogens with one attached hydrogen (secondary N) is 1. The van der Waals surface area contributed by atoms with Crippen molar-refractivity contribution in [2.75, 3.05) is 13.1 Å². The van der Waals surface area contributed by atoms with E-state index in [0.717, 1.165) is 73.0 Å². The molecule has 0 saturated carbocycles. The van der Waals surface area contributed by atoms with Gasteiger partial charge in [-0.2, -0.15) is 0 Å². The number of benzene rings is 2. The van der Waals surface area contributed by atoms with Gasteiger partial charge in [-0.25, -0.2) is 4.39 Å². The van der Waals surface area contributed by atoms with Crippen LogP contribution in [0.15, 0.2) is 48.0 Å². The second kappa shape index (κ2) is 10.9. The SMILES string of the molecule is CC1(C)CCC(C(=O)N2CC3CCC2CN3Cc2ccc3c(c2)CN(C2CCC(=O)NC2=O)C3=O)=C(c2ccc(F)cc2)C1. The lowest BCUT2D eigenvalue weighted by atomic mass is 9.72. The minimum absolute atomic E-state index is 0.0879. The summed E-state index contributed by atoms with van der Waals surface area (Å²) in [6.07, 6.45) is 5.10.